The van der Waals surface area contributed by atoms with E-state index in [1.165, 1.54) is 0 Å². The van der Waals surface area contributed by atoms with Gasteiger partial charge in [-0.15, -0.1) is 0 Å². The van der Waals surface area contributed by atoms with Crippen molar-refractivity contribution in [2.75, 3.05) is 23.8 Å². The van der Waals surface area contributed by atoms with Gasteiger partial charge in [0.1, 0.15) is 5.75 Å². The van der Waals surface area contributed by atoms with Gasteiger partial charge in [0, 0.05) is 56.4 Å². The second-order valence-corrected chi connectivity index (χ2v) is 21.5. The van der Waals surface area contributed by atoms with Crippen LogP contribution in [0.15, 0.2) is 18.3 Å². The molecule has 3 aromatic rings. The first-order valence-corrected chi connectivity index (χ1v) is 23.5. The highest BCUT2D eigenvalue weighted by molar-refractivity contribution is 6.74. The van der Waals surface area contributed by atoms with Crippen LogP contribution in [0, 0.1) is 0 Å². The van der Waals surface area contributed by atoms with Crippen molar-refractivity contribution in [2.24, 2.45) is 0 Å². The minimum atomic E-state index is -2.07. The van der Waals surface area contributed by atoms with Crippen LogP contribution in [-0.4, -0.2) is 59.3 Å². The fraction of sp³-hybridized carbons (Fsp3) is 0.667. The Hall–Kier alpha value is -3.48. The third-order valence-electron chi connectivity index (χ3n) is 11.8. The van der Waals surface area contributed by atoms with Crippen LogP contribution in [0.4, 0.5) is 11.4 Å². The zero-order valence-electron chi connectivity index (χ0n) is 34.0. The molecule has 12 heteroatoms. The van der Waals surface area contributed by atoms with Gasteiger partial charge in [-0.1, -0.05) is 72.3 Å². The summed E-state index contributed by atoms with van der Waals surface area (Å²) in [4.78, 5) is 30.2. The lowest BCUT2D eigenvalue weighted by molar-refractivity contribution is -0.121. The Morgan fingerprint density at radius 1 is 1.07 bits per heavy atom. The van der Waals surface area contributed by atoms with E-state index in [0.29, 0.717) is 37.5 Å². The highest BCUT2D eigenvalue weighted by atomic mass is 28.4. The minimum absolute atomic E-state index is 0.0531. The number of anilines is 2. The molecule has 0 spiro atoms. The predicted molar refractivity (Wildman–Crippen MR) is 220 cm³/mol. The Labute approximate surface area is 323 Å². The van der Waals surface area contributed by atoms with E-state index in [4.69, 9.17) is 14.1 Å². The van der Waals surface area contributed by atoms with Crippen molar-refractivity contribution in [1.29, 1.82) is 0 Å². The zero-order valence-corrected chi connectivity index (χ0v) is 35.0. The molecule has 0 unspecified atom stereocenters. The lowest BCUT2D eigenvalue weighted by atomic mass is 9.91. The lowest BCUT2D eigenvalue weighted by Crippen LogP contribution is -2.42. The minimum Gasteiger partial charge on any atom is -0.506 e. The summed E-state index contributed by atoms with van der Waals surface area (Å²) in [5, 5.41) is 26.1. The normalized spacial score (nSPS) is 15.9. The molecule has 1 fully saturated rings. The van der Waals surface area contributed by atoms with Gasteiger partial charge in [-0.05, 0) is 80.8 Å². The Morgan fingerprint density at radius 3 is 2.46 bits per heavy atom. The molecule has 1 atom stereocenters. The molecule has 0 aliphatic carbocycles. The van der Waals surface area contributed by atoms with E-state index < -0.39 is 8.32 Å². The first kappa shape index (κ1) is 41.7. The molecule has 11 nitrogen and oxygen atoms in total. The number of aryl methyl sites for hydroxylation is 2. The summed E-state index contributed by atoms with van der Waals surface area (Å²) < 4.78 is 14.6. The standard InChI is InChI=1S/C42H66N6O5Si/c1-8-34-32(39(45-29-23-25-52-26-24-29)33-28-44-48(9-2)41(33)46-34)27-43-37(50)18-16-14-12-10-11-13-15-17-36(53-54(6,7)42(3,4)5)30-19-21-35(49)40-31(30)20-22-38(51)47-40/h19,21,28-29,36,49H,8-18,20,22-27H2,1-7H3,(H,43,50)(H,45,46)(H,47,51)/t36-/m0/s1. The summed E-state index contributed by atoms with van der Waals surface area (Å²) in [5.41, 5.74) is 6.69. The molecule has 0 radical (unpaired) electrons. The maximum Gasteiger partial charge on any atom is 0.224 e. The van der Waals surface area contributed by atoms with Crippen LogP contribution < -0.4 is 16.0 Å². The third kappa shape index (κ3) is 10.4. The number of carbonyl (C=O) groups is 2. The molecule has 1 aromatic carbocycles. The molecular weight excluding hydrogens is 697 g/mol. The topological polar surface area (TPSA) is 140 Å². The number of nitrogens with one attached hydrogen (secondary N) is 3. The second-order valence-electron chi connectivity index (χ2n) is 16.7. The average Bonchev–Trinajstić information content (AvgIpc) is 3.56. The SMILES string of the molecule is CCc1nc2c(cnn2CC)c(NC2CCOCC2)c1CNC(=O)CCCCCCCCC[C@H](O[Si](C)(C)C(C)(C)C)c1ccc(O)c2c1CCC(=O)N2. The number of benzene rings is 1. The van der Waals surface area contributed by atoms with E-state index in [2.05, 4.69) is 68.8 Å². The van der Waals surface area contributed by atoms with Gasteiger partial charge in [0.15, 0.2) is 14.0 Å². The van der Waals surface area contributed by atoms with Crippen molar-refractivity contribution in [2.45, 2.75) is 168 Å². The molecule has 2 aliphatic rings. The molecule has 1 saturated heterocycles. The largest absolute Gasteiger partial charge is 0.506 e. The number of fused-ring (bicyclic) bond motifs is 2. The first-order valence-electron chi connectivity index (χ1n) is 20.6. The number of hydrogen-bond acceptors (Lipinski definition) is 8. The van der Waals surface area contributed by atoms with Crippen molar-refractivity contribution in [1.82, 2.24) is 20.1 Å². The van der Waals surface area contributed by atoms with Gasteiger partial charge >= 0.3 is 0 Å². The van der Waals surface area contributed by atoms with Gasteiger partial charge in [0.2, 0.25) is 11.8 Å². The average molecular weight is 763 g/mol. The molecule has 0 bridgehead atoms. The highest BCUT2D eigenvalue weighted by Crippen LogP contribution is 2.44. The monoisotopic (exact) mass is 762 g/mol. The van der Waals surface area contributed by atoms with Gasteiger partial charge in [-0.3, -0.25) is 9.59 Å². The molecule has 54 heavy (non-hydrogen) atoms. The van der Waals surface area contributed by atoms with Gasteiger partial charge in [-0.2, -0.15) is 5.10 Å². The Bertz CT molecular complexity index is 1730. The Morgan fingerprint density at radius 2 is 1.78 bits per heavy atom. The summed E-state index contributed by atoms with van der Waals surface area (Å²) >= 11 is 0. The summed E-state index contributed by atoms with van der Waals surface area (Å²) in [6, 6.07) is 4.02. The Kier molecular flexibility index (Phi) is 14.6. The quantitative estimate of drug-likeness (QED) is 0.0539. The molecule has 4 heterocycles. The van der Waals surface area contributed by atoms with Crippen molar-refractivity contribution < 1.29 is 23.9 Å². The van der Waals surface area contributed by atoms with Crippen molar-refractivity contribution in [3.63, 3.8) is 0 Å². The number of carbonyl (C=O) groups excluding carboxylic acids is 2. The Balaban J connectivity index is 1.08. The van der Waals surface area contributed by atoms with E-state index in [1.54, 1.807) is 6.07 Å². The number of rotatable bonds is 19. The third-order valence-corrected chi connectivity index (χ3v) is 16.3. The fourth-order valence-electron chi connectivity index (χ4n) is 7.49. The maximum absolute atomic E-state index is 13.0. The zero-order chi connectivity index (χ0) is 38.9. The van der Waals surface area contributed by atoms with E-state index in [0.717, 1.165) is 129 Å². The molecule has 2 aliphatic heterocycles. The molecule has 5 rings (SSSR count). The van der Waals surface area contributed by atoms with Crippen LogP contribution >= 0.6 is 0 Å². The molecular formula is C42H66N6O5Si. The number of pyridine rings is 1. The molecule has 2 amide bonds. The van der Waals surface area contributed by atoms with E-state index >= 15 is 0 Å². The molecule has 0 saturated carbocycles. The number of ether oxygens (including phenoxy) is 1. The summed E-state index contributed by atoms with van der Waals surface area (Å²) in [6.45, 7) is 18.3. The first-order chi connectivity index (χ1) is 25.8. The summed E-state index contributed by atoms with van der Waals surface area (Å²) in [6.07, 6.45) is 14.5. The smallest absolute Gasteiger partial charge is 0.224 e. The molecule has 4 N–H and O–H groups in total. The van der Waals surface area contributed by atoms with Gasteiger partial charge in [0.05, 0.1) is 29.1 Å². The van der Waals surface area contributed by atoms with Gasteiger partial charge in [-0.25, -0.2) is 9.67 Å². The van der Waals surface area contributed by atoms with E-state index in [1.807, 2.05) is 16.9 Å². The van der Waals surface area contributed by atoms with Crippen LogP contribution in [-0.2, 0) is 44.7 Å². The van der Waals surface area contributed by atoms with Gasteiger partial charge in [0.25, 0.3) is 0 Å². The number of phenolic OH excluding ortho intramolecular Hbond substituents is 1. The van der Waals surface area contributed by atoms with Crippen molar-refractivity contribution in [3.05, 3.63) is 40.7 Å². The van der Waals surface area contributed by atoms with Crippen molar-refractivity contribution >= 4 is 42.5 Å². The van der Waals surface area contributed by atoms with Crippen LogP contribution in [0.2, 0.25) is 18.1 Å². The van der Waals surface area contributed by atoms with Crippen LogP contribution in [0.5, 0.6) is 5.75 Å². The molecule has 298 valence electrons. The van der Waals surface area contributed by atoms with Crippen LogP contribution in [0.3, 0.4) is 0 Å². The number of aromatic nitrogens is 3. The predicted octanol–water partition coefficient (Wildman–Crippen LogP) is 9.09. The fourth-order valence-corrected chi connectivity index (χ4v) is 8.80. The van der Waals surface area contributed by atoms with Crippen LogP contribution in [0.25, 0.3) is 11.0 Å². The van der Waals surface area contributed by atoms with Crippen molar-refractivity contribution in [3.8, 4) is 5.75 Å². The summed E-state index contributed by atoms with van der Waals surface area (Å²) in [7, 11) is -2.07. The number of aromatic hydroxyl groups is 1. The van der Waals surface area contributed by atoms with Gasteiger partial charge < -0.3 is 30.2 Å². The highest BCUT2D eigenvalue weighted by Gasteiger charge is 2.40. The number of nitrogens with zero attached hydrogens (tertiary/aromatic N) is 3. The number of amides is 2. The number of unbranched alkanes of at least 4 members (excludes halogenated alkanes) is 6. The number of hydrogen-bond donors (Lipinski definition) is 4. The maximum atomic E-state index is 13.0. The second kappa shape index (κ2) is 18.9. The number of phenols is 1. The summed E-state index contributed by atoms with van der Waals surface area (Å²) in [5.74, 6) is 0.156. The lowest BCUT2D eigenvalue weighted by Gasteiger charge is -2.40. The van der Waals surface area contributed by atoms with E-state index in [-0.39, 0.29) is 28.7 Å². The van der Waals surface area contributed by atoms with E-state index in [9.17, 15) is 14.7 Å². The van der Waals surface area contributed by atoms with Crippen LogP contribution in [0.1, 0.15) is 140 Å². The molecule has 2 aromatic heterocycles.